The fraction of sp³-hybridized carbons (Fsp3) is 0.227. The van der Waals surface area contributed by atoms with Crippen LogP contribution in [0.3, 0.4) is 0 Å². The molecule has 0 aliphatic carbocycles. The molecule has 2 aliphatic rings. The Bertz CT molecular complexity index is 2670. The van der Waals surface area contributed by atoms with E-state index >= 15 is 0 Å². The Morgan fingerprint density at radius 3 is 1.41 bits per heavy atom. The van der Waals surface area contributed by atoms with Gasteiger partial charge in [0, 0.05) is 47.7 Å². The van der Waals surface area contributed by atoms with E-state index in [1.165, 1.54) is 9.36 Å². The molecule has 2 aromatic heterocycles. The minimum Gasteiger partial charge on any atom is -0.497 e. The van der Waals surface area contributed by atoms with E-state index in [1.54, 1.807) is 135 Å². The molecule has 1 N–H and O–H groups in total. The highest BCUT2D eigenvalue weighted by atomic mass is 16.5. The zero-order chi connectivity index (χ0) is 42.8. The van der Waals surface area contributed by atoms with Crippen LogP contribution in [0.1, 0.15) is 66.9 Å². The summed E-state index contributed by atoms with van der Waals surface area (Å²) in [6.45, 7) is 4.32. The monoisotopic (exact) mass is 825 g/mol. The molecule has 0 bridgehead atoms. The number of esters is 2. The lowest BCUT2D eigenvalue weighted by molar-refractivity contribution is -0.761. The van der Waals surface area contributed by atoms with Crippen LogP contribution in [-0.4, -0.2) is 93.9 Å². The number of fused-ring (bicyclic) bond motifs is 2. The lowest BCUT2D eigenvalue weighted by Crippen LogP contribution is -2.39. The van der Waals surface area contributed by atoms with Crippen molar-refractivity contribution in [2.75, 3.05) is 50.3 Å². The molecule has 2 aliphatic heterocycles. The highest BCUT2D eigenvalue weighted by Crippen LogP contribution is 2.33. The summed E-state index contributed by atoms with van der Waals surface area (Å²) in [6, 6.07) is 27.4. The molecule has 17 heteroatoms. The van der Waals surface area contributed by atoms with E-state index in [0.29, 0.717) is 76.1 Å². The molecule has 8 rings (SSSR count). The third kappa shape index (κ3) is 7.52. The summed E-state index contributed by atoms with van der Waals surface area (Å²) in [5.41, 5.74) is 4.76. The molecule has 4 heterocycles. The van der Waals surface area contributed by atoms with Crippen LogP contribution in [0.4, 0.5) is 22.7 Å². The molecular weight excluding hydrogens is 785 g/mol. The fourth-order valence-corrected chi connectivity index (χ4v) is 7.39. The molecule has 0 saturated carbocycles. The highest BCUT2D eigenvalue weighted by Gasteiger charge is 2.37. The van der Waals surface area contributed by atoms with Crippen molar-refractivity contribution in [1.29, 1.82) is 0 Å². The minimum absolute atomic E-state index is 0.0973. The highest BCUT2D eigenvalue weighted by molar-refractivity contribution is 6.10. The SMILES string of the molecule is CCOC(=O)c1nn(-c2ccc(OC)cc2)c2c1CCN(c1ccc(N=[N+](O)c3ccc(N4CCc5c(C(=O)OCC)nn(-c6ccc(OC)cc6)c5C4=O)cc3)cc1)C2=O. The van der Waals surface area contributed by atoms with Gasteiger partial charge in [0.15, 0.2) is 11.4 Å². The summed E-state index contributed by atoms with van der Waals surface area (Å²) >= 11 is 0. The number of amides is 2. The van der Waals surface area contributed by atoms with E-state index in [2.05, 4.69) is 15.3 Å². The number of hydrogen-bond acceptors (Lipinski definition) is 11. The first-order valence-corrected chi connectivity index (χ1v) is 19.5. The maximum Gasteiger partial charge on any atom is 0.359 e. The normalized spacial score (nSPS) is 13.7. The van der Waals surface area contributed by atoms with E-state index in [4.69, 9.17) is 18.9 Å². The Morgan fingerprint density at radius 1 is 0.623 bits per heavy atom. The van der Waals surface area contributed by atoms with Gasteiger partial charge in [-0.3, -0.25) is 14.8 Å². The summed E-state index contributed by atoms with van der Waals surface area (Å²) < 4.78 is 24.0. The number of methoxy groups -OCH3 is 2. The third-order valence-corrected chi connectivity index (χ3v) is 10.4. The standard InChI is InChI=1S/C44H41N8O9/c1-5-60-43(55)37-35-23-25-48(41(53)39(35)50(46-37)30-15-19-33(58-3)20-16-30)28-9-7-27(8-10-28)45-52(57)32-13-11-29(12-14-32)49-26-24-36-38(44(56)61-6-2)47-51(40(36)42(49)54)31-17-21-34(59-4)22-18-31/h7-22H,5-6,23-26H2,1-4H3,(H,45,57)/q+1. The Kier molecular flexibility index (Phi) is 11.0. The van der Waals surface area contributed by atoms with Crippen molar-refractivity contribution in [1.82, 2.24) is 19.6 Å². The molecular formula is C44H41N8O9+. The molecule has 310 valence electrons. The van der Waals surface area contributed by atoms with Gasteiger partial charge in [-0.1, -0.05) is 0 Å². The van der Waals surface area contributed by atoms with Crippen molar-refractivity contribution < 1.29 is 48.2 Å². The van der Waals surface area contributed by atoms with E-state index in [-0.39, 0.29) is 54.3 Å². The predicted molar refractivity (Wildman–Crippen MR) is 220 cm³/mol. The maximum absolute atomic E-state index is 14.1. The van der Waals surface area contributed by atoms with Crippen LogP contribution in [-0.2, 0) is 22.3 Å². The summed E-state index contributed by atoms with van der Waals surface area (Å²) in [6.07, 6.45) is 0.721. The van der Waals surface area contributed by atoms with Crippen LogP contribution >= 0.6 is 0 Å². The smallest absolute Gasteiger partial charge is 0.359 e. The zero-order valence-corrected chi connectivity index (χ0v) is 33.8. The maximum atomic E-state index is 14.1. The van der Waals surface area contributed by atoms with Gasteiger partial charge < -0.3 is 28.7 Å². The number of anilines is 2. The minimum atomic E-state index is -0.600. The Hall–Kier alpha value is -7.82. The second kappa shape index (κ2) is 16.8. The zero-order valence-electron chi connectivity index (χ0n) is 33.8. The number of carbonyl (C=O) groups is 4. The molecule has 2 amide bonds. The average molecular weight is 826 g/mol. The van der Waals surface area contributed by atoms with Crippen molar-refractivity contribution in [3.63, 3.8) is 0 Å². The van der Waals surface area contributed by atoms with Crippen molar-refractivity contribution >= 4 is 46.5 Å². The van der Waals surface area contributed by atoms with Crippen LogP contribution in [0.2, 0.25) is 0 Å². The number of nitrogens with zero attached hydrogens (tertiary/aromatic N) is 8. The van der Waals surface area contributed by atoms with Crippen LogP contribution < -0.4 is 19.3 Å². The molecule has 0 fully saturated rings. The van der Waals surface area contributed by atoms with Crippen LogP contribution in [0, 0.1) is 0 Å². The van der Waals surface area contributed by atoms with Gasteiger partial charge in [0.1, 0.15) is 33.4 Å². The number of hydrogen-bond donors (Lipinski definition) is 1. The molecule has 0 spiro atoms. The van der Waals surface area contributed by atoms with Gasteiger partial charge in [-0.25, -0.2) is 19.0 Å². The van der Waals surface area contributed by atoms with Crippen molar-refractivity contribution in [2.24, 2.45) is 5.11 Å². The van der Waals surface area contributed by atoms with Gasteiger partial charge in [-0.15, -0.1) is 0 Å². The van der Waals surface area contributed by atoms with Crippen LogP contribution in [0.15, 0.2) is 102 Å². The lowest BCUT2D eigenvalue weighted by Gasteiger charge is -2.27. The molecule has 0 saturated heterocycles. The topological polar surface area (TPSA) is 183 Å². The van der Waals surface area contributed by atoms with E-state index in [1.807, 2.05) is 0 Å². The van der Waals surface area contributed by atoms with Crippen molar-refractivity contribution in [3.05, 3.63) is 131 Å². The number of aromatic nitrogens is 4. The lowest BCUT2D eigenvalue weighted by atomic mass is 10.0. The molecule has 4 aromatic carbocycles. The number of azo groups is 1. The Balaban J connectivity index is 1.01. The average Bonchev–Trinajstić information content (AvgIpc) is 3.88. The summed E-state index contributed by atoms with van der Waals surface area (Å²) in [5, 5.41) is 24.4. The Morgan fingerprint density at radius 2 is 1.02 bits per heavy atom. The van der Waals surface area contributed by atoms with Gasteiger partial charge in [-0.2, -0.15) is 10.2 Å². The Labute approximate surface area is 349 Å². The molecule has 61 heavy (non-hydrogen) atoms. The van der Waals surface area contributed by atoms with Gasteiger partial charge in [0.25, 0.3) is 17.5 Å². The quantitative estimate of drug-likeness (QED) is 0.0604. The van der Waals surface area contributed by atoms with Gasteiger partial charge in [0.05, 0.1) is 43.9 Å². The number of carbonyl (C=O) groups excluding carboxylic acids is 4. The van der Waals surface area contributed by atoms with Crippen molar-refractivity contribution in [3.8, 4) is 22.9 Å². The third-order valence-electron chi connectivity index (χ3n) is 10.4. The molecule has 0 atom stereocenters. The summed E-state index contributed by atoms with van der Waals surface area (Å²) in [7, 11) is 3.12. The largest absolute Gasteiger partial charge is 0.497 e. The first-order chi connectivity index (χ1) is 29.6. The first-order valence-electron chi connectivity index (χ1n) is 19.5. The number of benzene rings is 4. The number of rotatable bonds is 12. The van der Waals surface area contributed by atoms with Gasteiger partial charge in [0.2, 0.25) is 0 Å². The summed E-state index contributed by atoms with van der Waals surface area (Å²) in [5.74, 6) is -0.644. The van der Waals surface area contributed by atoms with E-state index in [0.717, 1.165) is 4.86 Å². The number of ether oxygens (including phenoxy) is 4. The van der Waals surface area contributed by atoms with Crippen LogP contribution in [0.5, 0.6) is 11.5 Å². The van der Waals surface area contributed by atoms with E-state index in [9.17, 15) is 24.4 Å². The van der Waals surface area contributed by atoms with Gasteiger partial charge in [-0.05, 0) is 112 Å². The molecule has 0 unspecified atom stereocenters. The fourth-order valence-electron chi connectivity index (χ4n) is 7.39. The molecule has 0 radical (unpaired) electrons. The molecule has 6 aromatic rings. The van der Waals surface area contributed by atoms with Crippen LogP contribution in [0.25, 0.3) is 11.4 Å². The van der Waals surface area contributed by atoms with Crippen molar-refractivity contribution in [2.45, 2.75) is 26.7 Å². The second-order valence-electron chi connectivity index (χ2n) is 13.8. The summed E-state index contributed by atoms with van der Waals surface area (Å²) in [4.78, 5) is 57.9. The molecule has 17 nitrogen and oxygen atoms in total. The second-order valence-corrected chi connectivity index (χ2v) is 13.8. The predicted octanol–water partition coefficient (Wildman–Crippen LogP) is 6.65. The van der Waals surface area contributed by atoms with E-state index < -0.39 is 11.9 Å². The van der Waals surface area contributed by atoms with Gasteiger partial charge >= 0.3 is 11.9 Å². The first kappa shape index (κ1) is 40.0.